The minimum Gasteiger partial charge on any atom is -0.497 e. The lowest BCUT2D eigenvalue weighted by molar-refractivity contribution is -0.155. The van der Waals surface area contributed by atoms with Crippen LogP contribution in [0, 0.1) is 18.8 Å². The fourth-order valence-corrected chi connectivity index (χ4v) is 10.0. The molecule has 8 rings (SSSR count). The van der Waals surface area contributed by atoms with Crippen LogP contribution in [0.5, 0.6) is 11.5 Å². The van der Waals surface area contributed by atoms with E-state index < -0.39 is 67.2 Å². The van der Waals surface area contributed by atoms with E-state index >= 15 is 0 Å². The summed E-state index contributed by atoms with van der Waals surface area (Å²) in [7, 11) is -2.36. The molecule has 2 N–H and O–H groups in total. The number of sulfonamides is 1. The number of benzene rings is 1. The summed E-state index contributed by atoms with van der Waals surface area (Å²) in [5, 5.41) is 3.89. The van der Waals surface area contributed by atoms with Gasteiger partial charge >= 0.3 is 5.97 Å². The van der Waals surface area contributed by atoms with Crippen molar-refractivity contribution in [1.82, 2.24) is 19.9 Å². The largest absolute Gasteiger partial charge is 0.497 e. The number of carbonyl (C=O) groups is 4. The number of ether oxygens (including phenoxy) is 3. The zero-order chi connectivity index (χ0) is 39.0. The van der Waals surface area contributed by atoms with Crippen molar-refractivity contribution in [3.05, 3.63) is 41.6 Å². The number of methoxy groups -OCH3 is 1. The van der Waals surface area contributed by atoms with E-state index in [2.05, 4.69) is 10.0 Å². The second kappa shape index (κ2) is 13.5. The monoisotopic (exact) mass is 776 g/mol. The van der Waals surface area contributed by atoms with Crippen LogP contribution >= 0.6 is 0 Å². The maximum atomic E-state index is 14.8. The zero-order valence-corrected chi connectivity index (χ0v) is 33.0. The topological polar surface area (TPSA) is 170 Å². The highest BCUT2D eigenvalue weighted by Gasteiger charge is 2.64. The molecule has 296 valence electrons. The number of fused-ring (bicyclic) bond motifs is 5. The number of aryl methyl sites for hydroxylation is 2. The van der Waals surface area contributed by atoms with Crippen LogP contribution in [0.3, 0.4) is 0 Å². The van der Waals surface area contributed by atoms with Crippen LogP contribution in [0.2, 0.25) is 0 Å². The lowest BCUT2D eigenvalue weighted by atomic mass is 9.87. The quantitative estimate of drug-likeness (QED) is 0.297. The molecule has 1 aromatic heterocycles. The van der Waals surface area contributed by atoms with Gasteiger partial charge in [0.1, 0.15) is 34.3 Å². The molecule has 13 nitrogen and oxygen atoms in total. The van der Waals surface area contributed by atoms with Crippen LogP contribution in [-0.2, 0) is 40.4 Å². The number of hydrogen-bond acceptors (Lipinski definition) is 10. The van der Waals surface area contributed by atoms with Gasteiger partial charge < -0.3 is 24.4 Å². The first-order chi connectivity index (χ1) is 26.1. The minimum absolute atomic E-state index is 0.0947. The van der Waals surface area contributed by atoms with E-state index in [9.17, 15) is 27.6 Å². The lowest BCUT2D eigenvalue weighted by Gasteiger charge is -2.36. The van der Waals surface area contributed by atoms with Gasteiger partial charge in [-0.1, -0.05) is 25.0 Å². The fraction of sp³-hybridized carbons (Fsp3) is 0.634. The summed E-state index contributed by atoms with van der Waals surface area (Å²) in [6, 6.07) is 4.68. The third-order valence-corrected chi connectivity index (χ3v) is 15.2. The van der Waals surface area contributed by atoms with Gasteiger partial charge in [-0.3, -0.25) is 23.9 Å². The van der Waals surface area contributed by atoms with Crippen LogP contribution in [0.15, 0.2) is 30.4 Å². The summed E-state index contributed by atoms with van der Waals surface area (Å²) < 4.78 is 45.9. The van der Waals surface area contributed by atoms with Crippen molar-refractivity contribution >= 4 is 44.6 Å². The molecule has 1 saturated heterocycles. The Morgan fingerprint density at radius 2 is 1.85 bits per heavy atom. The number of pyridine rings is 1. The van der Waals surface area contributed by atoms with Gasteiger partial charge in [0.15, 0.2) is 0 Å². The average Bonchev–Trinajstić information content (AvgIpc) is 4.10. The molecule has 0 unspecified atom stereocenters. The number of nitrogens with one attached hydrogen (secondary N) is 2. The van der Waals surface area contributed by atoms with Crippen LogP contribution in [0.4, 0.5) is 0 Å². The molecule has 3 aliphatic carbocycles. The first kappa shape index (κ1) is 37.7. The summed E-state index contributed by atoms with van der Waals surface area (Å²) >= 11 is 0. The number of aromatic nitrogens is 1. The third-order valence-electron chi connectivity index (χ3n) is 13.0. The van der Waals surface area contributed by atoms with Crippen molar-refractivity contribution < 1.29 is 41.8 Å². The van der Waals surface area contributed by atoms with Gasteiger partial charge in [-0.05, 0) is 103 Å². The molecule has 1 spiro atoms. The Kier molecular flexibility index (Phi) is 9.24. The van der Waals surface area contributed by atoms with E-state index in [0.29, 0.717) is 55.7 Å². The van der Waals surface area contributed by atoms with Gasteiger partial charge in [-0.25, -0.2) is 13.4 Å². The second-order valence-corrected chi connectivity index (χ2v) is 19.6. The van der Waals surface area contributed by atoms with Gasteiger partial charge in [0, 0.05) is 29.2 Å². The van der Waals surface area contributed by atoms with Gasteiger partial charge in [0.2, 0.25) is 21.8 Å². The molecule has 0 bridgehead atoms. The predicted octanol–water partition coefficient (Wildman–Crippen LogP) is 4.71. The normalized spacial score (nSPS) is 31.3. The summed E-state index contributed by atoms with van der Waals surface area (Å²) in [4.78, 5) is 63.1. The average molecular weight is 777 g/mol. The van der Waals surface area contributed by atoms with Crippen molar-refractivity contribution in [1.29, 1.82) is 0 Å². The molecule has 1 aromatic carbocycles. The number of rotatable bonds is 7. The molecule has 4 fully saturated rings. The highest BCUT2D eigenvalue weighted by Crippen LogP contribution is 2.49. The van der Waals surface area contributed by atoms with Crippen molar-refractivity contribution in [2.75, 3.05) is 13.7 Å². The summed E-state index contributed by atoms with van der Waals surface area (Å²) in [6.07, 6.45) is 11.3. The second-order valence-electron chi connectivity index (χ2n) is 17.4. The zero-order valence-electron chi connectivity index (χ0n) is 32.2. The number of allylic oxidation sites excluding steroid dienone is 1. The van der Waals surface area contributed by atoms with Crippen LogP contribution < -0.4 is 19.5 Å². The highest BCUT2D eigenvalue weighted by molar-refractivity contribution is 7.91. The Labute approximate surface area is 322 Å². The van der Waals surface area contributed by atoms with Crippen molar-refractivity contribution in [2.45, 2.75) is 138 Å². The molecule has 4 heterocycles. The highest BCUT2D eigenvalue weighted by atomic mass is 32.2. The number of esters is 1. The Balaban J connectivity index is 1.13. The molecule has 6 aliphatic rings. The van der Waals surface area contributed by atoms with Crippen molar-refractivity contribution in [3.63, 3.8) is 0 Å². The molecule has 0 radical (unpaired) electrons. The van der Waals surface area contributed by atoms with E-state index in [-0.39, 0.29) is 31.7 Å². The molecule has 14 heteroatoms. The molecule has 55 heavy (non-hydrogen) atoms. The Bertz CT molecular complexity index is 2090. The fourth-order valence-electron chi connectivity index (χ4n) is 8.73. The Morgan fingerprint density at radius 3 is 2.58 bits per heavy atom. The molecule has 3 amide bonds. The van der Waals surface area contributed by atoms with Crippen molar-refractivity contribution in [2.24, 2.45) is 11.8 Å². The third kappa shape index (κ3) is 7.08. The van der Waals surface area contributed by atoms with E-state index in [1.54, 1.807) is 18.9 Å². The molecule has 3 saturated carbocycles. The molecular formula is C41H52N4O9S. The first-order valence-corrected chi connectivity index (χ1v) is 21.3. The van der Waals surface area contributed by atoms with Crippen LogP contribution in [0.25, 0.3) is 10.9 Å². The van der Waals surface area contributed by atoms with Gasteiger partial charge in [0.05, 0.1) is 36.0 Å². The SMILES string of the molecule is COc1ccc2nc(C)c3c(c2c1)CC[C@]1(C[C@H]2C(=O)N[C@]4(C(=O)NS(=O)(=O)C5(C)CC5)C[C@H]4/C=C\CCCCC[C@H](CC(=O)OC4(C)CC4)C(=O)N2C1)O3. The molecule has 2 aromatic rings. The smallest absolute Gasteiger partial charge is 0.307 e. The maximum Gasteiger partial charge on any atom is 0.307 e. The minimum atomic E-state index is -3.98. The van der Waals surface area contributed by atoms with Crippen LogP contribution in [-0.4, -0.2) is 83.2 Å². The number of carbonyl (C=O) groups excluding carboxylic acids is 4. The summed E-state index contributed by atoms with van der Waals surface area (Å²) in [6.45, 7) is 5.48. The van der Waals surface area contributed by atoms with Gasteiger partial charge in [0.25, 0.3) is 5.91 Å². The predicted molar refractivity (Wildman–Crippen MR) is 203 cm³/mol. The molecule has 3 aliphatic heterocycles. The summed E-state index contributed by atoms with van der Waals surface area (Å²) in [5.74, 6) is -1.89. The van der Waals surface area contributed by atoms with Gasteiger partial charge in [-0.2, -0.15) is 0 Å². The Hall–Kier alpha value is -4.20. The number of amides is 3. The number of hydrogen-bond donors (Lipinski definition) is 2. The standard InChI is InChI=1S/C41H52N4O9S/c1-25-34-29(30-21-28(52-4)12-13-31(30)42-25)14-15-40(54-34)23-32-35(47)43-41(37(49)44-55(50,51)39(3)18-19-39)22-27(41)11-9-7-5-6-8-10-26(36(48)45(32)24-40)20-33(46)53-38(2)16-17-38/h9,11-13,21,26-27,32H,5-8,10,14-20,22-24H2,1-4H3,(H,43,47)(H,44,49)/b11-9-/t26-,27-,32+,40-,41-/m1/s1. The van der Waals surface area contributed by atoms with E-state index in [0.717, 1.165) is 48.6 Å². The molecular weight excluding hydrogens is 725 g/mol. The Morgan fingerprint density at radius 1 is 1.07 bits per heavy atom. The first-order valence-electron chi connectivity index (χ1n) is 19.8. The summed E-state index contributed by atoms with van der Waals surface area (Å²) in [5.41, 5.74) is -0.447. The van der Waals surface area contributed by atoms with Crippen LogP contribution in [0.1, 0.15) is 109 Å². The van der Waals surface area contributed by atoms with E-state index in [1.807, 2.05) is 44.2 Å². The van der Waals surface area contributed by atoms with Gasteiger partial charge in [-0.15, -0.1) is 0 Å². The lowest BCUT2D eigenvalue weighted by Crippen LogP contribution is -2.57. The van der Waals surface area contributed by atoms with E-state index in [4.69, 9.17) is 19.2 Å². The molecule has 5 atom stereocenters. The van der Waals surface area contributed by atoms with E-state index in [1.165, 1.54) is 0 Å². The maximum absolute atomic E-state index is 14.8. The van der Waals surface area contributed by atoms with Crippen molar-refractivity contribution in [3.8, 4) is 11.5 Å². The number of nitrogens with zero attached hydrogens (tertiary/aromatic N) is 2.